The zero-order valence-electron chi connectivity index (χ0n) is 15.5. The van der Waals surface area contributed by atoms with Crippen LogP contribution in [0.4, 0.5) is 5.69 Å². The first kappa shape index (κ1) is 19.4. The maximum atomic E-state index is 13.1. The standard InChI is InChI=1S/C20H25BrN2O2S/c1-4-17-7-5-6-8-19(17)22-9-11-23(12-10-22)26(24,25)20-14-18(21)15(2)13-16(20)3/h5-8,13-14H,4,9-12H2,1-3H3. The quantitative estimate of drug-likeness (QED) is 0.722. The third-order valence-corrected chi connectivity index (χ3v) is 7.92. The summed E-state index contributed by atoms with van der Waals surface area (Å²) in [4.78, 5) is 2.69. The molecule has 0 saturated carbocycles. The number of rotatable bonds is 4. The van der Waals surface area contributed by atoms with E-state index in [2.05, 4.69) is 46.0 Å². The molecule has 0 aliphatic carbocycles. The number of anilines is 1. The number of piperazine rings is 1. The van der Waals surface area contributed by atoms with Crippen molar-refractivity contribution >= 4 is 31.6 Å². The summed E-state index contributed by atoms with van der Waals surface area (Å²) >= 11 is 3.46. The Morgan fingerprint density at radius 3 is 2.31 bits per heavy atom. The Morgan fingerprint density at radius 2 is 1.65 bits per heavy atom. The van der Waals surface area contributed by atoms with Crippen molar-refractivity contribution in [1.29, 1.82) is 0 Å². The molecule has 0 aromatic heterocycles. The van der Waals surface area contributed by atoms with Crippen LogP contribution in [0.1, 0.15) is 23.6 Å². The van der Waals surface area contributed by atoms with E-state index in [-0.39, 0.29) is 0 Å². The van der Waals surface area contributed by atoms with Crippen molar-refractivity contribution < 1.29 is 8.42 Å². The lowest BCUT2D eigenvalue weighted by molar-refractivity contribution is 0.384. The molecular formula is C20H25BrN2O2S. The van der Waals surface area contributed by atoms with Gasteiger partial charge in [0, 0.05) is 36.3 Å². The highest BCUT2D eigenvalue weighted by molar-refractivity contribution is 9.10. The molecule has 1 fully saturated rings. The van der Waals surface area contributed by atoms with Crippen LogP contribution in [0.3, 0.4) is 0 Å². The Bertz CT molecular complexity index is 904. The minimum Gasteiger partial charge on any atom is -0.369 e. The van der Waals surface area contributed by atoms with Gasteiger partial charge in [0.2, 0.25) is 10.0 Å². The highest BCUT2D eigenvalue weighted by Crippen LogP contribution is 2.29. The van der Waals surface area contributed by atoms with Gasteiger partial charge >= 0.3 is 0 Å². The van der Waals surface area contributed by atoms with Crippen molar-refractivity contribution in [3.63, 3.8) is 0 Å². The Kier molecular flexibility index (Phi) is 5.75. The molecule has 0 unspecified atom stereocenters. The summed E-state index contributed by atoms with van der Waals surface area (Å²) in [6.45, 7) is 8.41. The molecule has 0 radical (unpaired) electrons. The Balaban J connectivity index is 1.80. The van der Waals surface area contributed by atoms with Gasteiger partial charge in [-0.2, -0.15) is 4.31 Å². The number of benzene rings is 2. The highest BCUT2D eigenvalue weighted by atomic mass is 79.9. The van der Waals surface area contributed by atoms with Crippen molar-refractivity contribution in [2.75, 3.05) is 31.1 Å². The second kappa shape index (κ2) is 7.71. The normalized spacial score (nSPS) is 16.1. The monoisotopic (exact) mass is 436 g/mol. The van der Waals surface area contributed by atoms with Gasteiger partial charge in [0.15, 0.2) is 0 Å². The van der Waals surface area contributed by atoms with Gasteiger partial charge < -0.3 is 4.90 Å². The minimum absolute atomic E-state index is 0.400. The van der Waals surface area contributed by atoms with Gasteiger partial charge in [0.1, 0.15) is 0 Å². The molecule has 1 heterocycles. The van der Waals surface area contributed by atoms with Crippen LogP contribution in [0.15, 0.2) is 45.8 Å². The first-order valence-corrected chi connectivity index (χ1v) is 11.2. The molecule has 6 heteroatoms. The van der Waals surface area contributed by atoms with E-state index < -0.39 is 10.0 Å². The smallest absolute Gasteiger partial charge is 0.243 e. The van der Waals surface area contributed by atoms with Crippen LogP contribution in [-0.2, 0) is 16.4 Å². The first-order chi connectivity index (χ1) is 12.3. The maximum Gasteiger partial charge on any atom is 0.243 e. The van der Waals surface area contributed by atoms with Gasteiger partial charge in [-0.3, -0.25) is 0 Å². The van der Waals surface area contributed by atoms with Crippen molar-refractivity contribution in [1.82, 2.24) is 4.31 Å². The van der Waals surface area contributed by atoms with E-state index in [1.165, 1.54) is 11.3 Å². The van der Waals surface area contributed by atoms with Crippen molar-refractivity contribution in [2.45, 2.75) is 32.1 Å². The lowest BCUT2D eigenvalue weighted by Gasteiger charge is -2.36. The average molecular weight is 437 g/mol. The van der Waals surface area contributed by atoms with E-state index in [0.29, 0.717) is 31.1 Å². The fraction of sp³-hybridized carbons (Fsp3) is 0.400. The molecule has 3 rings (SSSR count). The maximum absolute atomic E-state index is 13.1. The first-order valence-electron chi connectivity index (χ1n) is 8.94. The fourth-order valence-corrected chi connectivity index (χ4v) is 5.66. The number of hydrogen-bond acceptors (Lipinski definition) is 3. The number of nitrogens with zero attached hydrogens (tertiary/aromatic N) is 2. The molecule has 1 aliphatic heterocycles. The summed E-state index contributed by atoms with van der Waals surface area (Å²) in [5.74, 6) is 0. The summed E-state index contributed by atoms with van der Waals surface area (Å²) in [7, 11) is -3.48. The van der Waals surface area contributed by atoms with E-state index in [0.717, 1.165) is 22.0 Å². The van der Waals surface area contributed by atoms with Crippen molar-refractivity contribution in [2.24, 2.45) is 0 Å². The summed E-state index contributed by atoms with van der Waals surface area (Å²) in [5.41, 5.74) is 4.37. The highest BCUT2D eigenvalue weighted by Gasteiger charge is 2.30. The number of para-hydroxylation sites is 1. The second-order valence-corrected chi connectivity index (χ2v) is 9.50. The predicted octanol–water partition coefficient (Wildman–Crippen LogP) is 4.14. The predicted molar refractivity (Wildman–Crippen MR) is 110 cm³/mol. The number of halogens is 1. The van der Waals surface area contributed by atoms with Crippen LogP contribution >= 0.6 is 15.9 Å². The van der Waals surface area contributed by atoms with E-state index in [1.54, 1.807) is 10.4 Å². The topological polar surface area (TPSA) is 40.6 Å². The van der Waals surface area contributed by atoms with Crippen LogP contribution in [-0.4, -0.2) is 38.9 Å². The van der Waals surface area contributed by atoms with Crippen LogP contribution in [0, 0.1) is 13.8 Å². The van der Waals surface area contributed by atoms with Crippen LogP contribution < -0.4 is 4.90 Å². The lowest BCUT2D eigenvalue weighted by Crippen LogP contribution is -2.49. The summed E-state index contributed by atoms with van der Waals surface area (Å²) in [5, 5.41) is 0. The Labute approximate surface area is 165 Å². The zero-order chi connectivity index (χ0) is 18.9. The largest absolute Gasteiger partial charge is 0.369 e. The molecule has 1 saturated heterocycles. The molecule has 2 aromatic rings. The minimum atomic E-state index is -3.48. The molecule has 26 heavy (non-hydrogen) atoms. The van der Waals surface area contributed by atoms with Crippen molar-refractivity contribution in [3.05, 3.63) is 57.6 Å². The molecule has 0 bridgehead atoms. The van der Waals surface area contributed by atoms with Gasteiger partial charge in [-0.05, 0) is 49.1 Å². The van der Waals surface area contributed by atoms with Gasteiger partial charge in [-0.25, -0.2) is 8.42 Å². The van der Waals surface area contributed by atoms with E-state index in [4.69, 9.17) is 0 Å². The molecule has 1 aliphatic rings. The fourth-order valence-electron chi connectivity index (χ4n) is 3.51. The SMILES string of the molecule is CCc1ccccc1N1CCN(S(=O)(=O)c2cc(Br)c(C)cc2C)CC1. The summed E-state index contributed by atoms with van der Waals surface area (Å²) < 4.78 is 28.7. The van der Waals surface area contributed by atoms with E-state index in [9.17, 15) is 8.42 Å². The van der Waals surface area contributed by atoms with Gasteiger partial charge in [-0.15, -0.1) is 0 Å². The molecule has 0 N–H and O–H groups in total. The van der Waals surface area contributed by atoms with Gasteiger partial charge in [0.25, 0.3) is 0 Å². The summed E-state index contributed by atoms with van der Waals surface area (Å²) in [6, 6.07) is 12.0. The molecule has 0 atom stereocenters. The Hall–Kier alpha value is -1.37. The average Bonchev–Trinajstić information content (AvgIpc) is 2.64. The van der Waals surface area contributed by atoms with Gasteiger partial charge in [-0.1, -0.05) is 47.1 Å². The molecule has 0 spiro atoms. The van der Waals surface area contributed by atoms with Crippen LogP contribution in [0.5, 0.6) is 0 Å². The molecule has 0 amide bonds. The number of aryl methyl sites for hydroxylation is 3. The lowest BCUT2D eigenvalue weighted by atomic mass is 10.1. The number of sulfonamides is 1. The van der Waals surface area contributed by atoms with Crippen LogP contribution in [0.25, 0.3) is 0 Å². The third kappa shape index (κ3) is 3.68. The summed E-state index contributed by atoms with van der Waals surface area (Å²) in [6.07, 6.45) is 0.977. The van der Waals surface area contributed by atoms with Gasteiger partial charge in [0.05, 0.1) is 4.90 Å². The second-order valence-electron chi connectivity index (χ2n) is 6.74. The van der Waals surface area contributed by atoms with E-state index >= 15 is 0 Å². The van der Waals surface area contributed by atoms with Crippen LogP contribution in [0.2, 0.25) is 0 Å². The third-order valence-electron chi connectivity index (χ3n) is 5.03. The zero-order valence-corrected chi connectivity index (χ0v) is 17.9. The molecule has 2 aromatic carbocycles. The molecular weight excluding hydrogens is 412 g/mol. The molecule has 140 valence electrons. The van der Waals surface area contributed by atoms with E-state index in [1.807, 2.05) is 26.0 Å². The number of hydrogen-bond donors (Lipinski definition) is 0. The molecule has 4 nitrogen and oxygen atoms in total. The van der Waals surface area contributed by atoms with Crippen molar-refractivity contribution in [3.8, 4) is 0 Å². The Morgan fingerprint density at radius 1 is 1.00 bits per heavy atom.